The molecule has 0 unspecified atom stereocenters. The zero-order chi connectivity index (χ0) is 17.5. The Bertz CT molecular complexity index is 716. The van der Waals surface area contributed by atoms with Gasteiger partial charge in [-0.05, 0) is 55.8 Å². The van der Waals surface area contributed by atoms with E-state index in [1.165, 1.54) is 0 Å². The summed E-state index contributed by atoms with van der Waals surface area (Å²) in [6.07, 6.45) is 0.932. The monoisotopic (exact) mass is 346 g/mol. The molecule has 126 valence electrons. The maximum atomic E-state index is 12.1. The van der Waals surface area contributed by atoms with Gasteiger partial charge in [0.25, 0.3) is 11.8 Å². The van der Waals surface area contributed by atoms with Gasteiger partial charge in [0, 0.05) is 16.1 Å². The maximum Gasteiger partial charge on any atom is 0.269 e. The number of halogens is 1. The third-order valence-corrected chi connectivity index (χ3v) is 3.66. The fourth-order valence-electron chi connectivity index (χ4n) is 1.89. The van der Waals surface area contributed by atoms with Gasteiger partial charge in [0.05, 0.1) is 6.10 Å². The third-order valence-electron chi connectivity index (χ3n) is 3.40. The number of hydrazine groups is 1. The summed E-state index contributed by atoms with van der Waals surface area (Å²) in [5.41, 5.74) is 5.54. The molecule has 0 aromatic heterocycles. The molecule has 1 atom stereocenters. The van der Waals surface area contributed by atoms with Crippen molar-refractivity contribution in [2.75, 3.05) is 0 Å². The molecular weight excluding hydrogens is 328 g/mol. The van der Waals surface area contributed by atoms with Crippen LogP contribution in [0.5, 0.6) is 5.75 Å². The summed E-state index contributed by atoms with van der Waals surface area (Å²) in [6.45, 7) is 3.98. The van der Waals surface area contributed by atoms with Gasteiger partial charge >= 0.3 is 0 Å². The van der Waals surface area contributed by atoms with Gasteiger partial charge < -0.3 is 4.74 Å². The average molecular weight is 347 g/mol. The molecule has 2 rings (SSSR count). The number of ether oxygens (including phenoxy) is 1. The first-order chi connectivity index (χ1) is 11.5. The molecule has 0 aliphatic carbocycles. The van der Waals surface area contributed by atoms with Crippen LogP contribution >= 0.6 is 11.6 Å². The topological polar surface area (TPSA) is 67.4 Å². The highest BCUT2D eigenvalue weighted by Gasteiger charge is 2.10. The number of rotatable bonds is 5. The van der Waals surface area contributed by atoms with Gasteiger partial charge in [-0.2, -0.15) is 0 Å². The second kappa shape index (κ2) is 8.36. The number of hydrogen-bond acceptors (Lipinski definition) is 3. The largest absolute Gasteiger partial charge is 0.491 e. The molecule has 0 aliphatic heterocycles. The number of nitrogens with one attached hydrogen (secondary N) is 2. The Kier molecular flexibility index (Phi) is 6.21. The Morgan fingerprint density at radius 1 is 1.04 bits per heavy atom. The summed E-state index contributed by atoms with van der Waals surface area (Å²) in [4.78, 5) is 24.1. The Morgan fingerprint density at radius 2 is 1.67 bits per heavy atom. The van der Waals surface area contributed by atoms with Gasteiger partial charge in [0.2, 0.25) is 0 Å². The molecule has 0 heterocycles. The van der Waals surface area contributed by atoms with Crippen molar-refractivity contribution in [3.8, 4) is 5.75 Å². The molecule has 2 aromatic rings. The lowest BCUT2D eigenvalue weighted by atomic mass is 10.2. The van der Waals surface area contributed by atoms with Crippen LogP contribution in [0.1, 0.15) is 41.0 Å². The van der Waals surface area contributed by atoms with Crippen LogP contribution in [0.3, 0.4) is 0 Å². The van der Waals surface area contributed by atoms with E-state index in [0.29, 0.717) is 21.9 Å². The molecule has 5 nitrogen and oxygen atoms in total. The van der Waals surface area contributed by atoms with Gasteiger partial charge in [-0.25, -0.2) is 0 Å². The van der Waals surface area contributed by atoms with Crippen LogP contribution in [0.25, 0.3) is 0 Å². The van der Waals surface area contributed by atoms with Crippen molar-refractivity contribution in [1.29, 1.82) is 0 Å². The number of amides is 2. The van der Waals surface area contributed by atoms with Crippen LogP contribution in [-0.2, 0) is 0 Å². The number of hydrogen-bond donors (Lipinski definition) is 2. The van der Waals surface area contributed by atoms with Gasteiger partial charge in [-0.1, -0.05) is 24.6 Å². The highest BCUT2D eigenvalue weighted by molar-refractivity contribution is 6.30. The zero-order valence-electron chi connectivity index (χ0n) is 13.5. The zero-order valence-corrected chi connectivity index (χ0v) is 14.3. The van der Waals surface area contributed by atoms with Gasteiger partial charge in [0.1, 0.15) is 5.75 Å². The lowest BCUT2D eigenvalue weighted by molar-refractivity contribution is 0.0846. The Labute approximate surface area is 145 Å². The van der Waals surface area contributed by atoms with E-state index in [1.807, 2.05) is 13.8 Å². The van der Waals surface area contributed by atoms with Crippen molar-refractivity contribution in [3.05, 3.63) is 64.7 Å². The molecule has 0 spiro atoms. The lowest BCUT2D eigenvalue weighted by Crippen LogP contribution is -2.41. The standard InChI is InChI=1S/C18H19ClN2O3/c1-3-12(2)24-16-6-4-5-14(11-16)18(23)21-20-17(22)13-7-9-15(19)10-8-13/h4-12H,3H2,1-2H3,(H,20,22)(H,21,23)/t12-/m1/s1. The summed E-state index contributed by atoms with van der Waals surface area (Å²) in [6, 6.07) is 13.2. The fourth-order valence-corrected chi connectivity index (χ4v) is 2.01. The smallest absolute Gasteiger partial charge is 0.269 e. The van der Waals surface area contributed by atoms with Gasteiger partial charge in [-0.3, -0.25) is 20.4 Å². The SMILES string of the molecule is CC[C@@H](C)Oc1cccc(C(=O)NNC(=O)c2ccc(Cl)cc2)c1. The number of benzene rings is 2. The van der Waals surface area contributed by atoms with E-state index in [0.717, 1.165) is 6.42 Å². The van der Waals surface area contributed by atoms with E-state index < -0.39 is 11.8 Å². The third kappa shape index (κ3) is 4.99. The average Bonchev–Trinajstić information content (AvgIpc) is 2.60. The predicted octanol–water partition coefficient (Wildman–Crippen LogP) is 3.59. The van der Waals surface area contributed by atoms with Crippen LogP contribution in [0.4, 0.5) is 0 Å². The Morgan fingerprint density at radius 3 is 2.29 bits per heavy atom. The van der Waals surface area contributed by atoms with Crippen molar-refractivity contribution in [3.63, 3.8) is 0 Å². The predicted molar refractivity (Wildman–Crippen MR) is 93.2 cm³/mol. The fraction of sp³-hybridized carbons (Fsp3) is 0.222. The molecule has 0 radical (unpaired) electrons. The Hall–Kier alpha value is -2.53. The molecule has 2 N–H and O–H groups in total. The van der Waals surface area contributed by atoms with Crippen LogP contribution in [-0.4, -0.2) is 17.9 Å². The molecule has 0 saturated heterocycles. The minimum absolute atomic E-state index is 0.0629. The van der Waals surface area contributed by atoms with Crippen LogP contribution in [0.15, 0.2) is 48.5 Å². The van der Waals surface area contributed by atoms with E-state index in [-0.39, 0.29) is 6.10 Å². The van der Waals surface area contributed by atoms with E-state index in [9.17, 15) is 9.59 Å². The highest BCUT2D eigenvalue weighted by atomic mass is 35.5. The summed E-state index contributed by atoms with van der Waals surface area (Å²) in [5, 5.41) is 0.536. The Balaban J connectivity index is 1.96. The van der Waals surface area contributed by atoms with Crippen molar-refractivity contribution in [2.24, 2.45) is 0 Å². The normalized spacial score (nSPS) is 11.5. The molecule has 0 bridgehead atoms. The number of carbonyl (C=O) groups is 2. The summed E-state index contributed by atoms with van der Waals surface area (Å²) >= 11 is 5.77. The van der Waals surface area contributed by atoms with Gasteiger partial charge in [0.15, 0.2) is 0 Å². The van der Waals surface area contributed by atoms with Crippen molar-refractivity contribution >= 4 is 23.4 Å². The van der Waals surface area contributed by atoms with Crippen LogP contribution < -0.4 is 15.6 Å². The first kappa shape index (κ1) is 17.8. The first-order valence-electron chi connectivity index (χ1n) is 7.62. The molecule has 0 fully saturated rings. The molecule has 24 heavy (non-hydrogen) atoms. The summed E-state index contributed by atoms with van der Waals surface area (Å²) in [7, 11) is 0. The highest BCUT2D eigenvalue weighted by Crippen LogP contribution is 2.16. The summed E-state index contributed by atoms with van der Waals surface area (Å²) in [5.74, 6) is -0.236. The summed E-state index contributed by atoms with van der Waals surface area (Å²) < 4.78 is 5.68. The molecule has 2 aromatic carbocycles. The molecule has 6 heteroatoms. The first-order valence-corrected chi connectivity index (χ1v) is 8.00. The van der Waals surface area contributed by atoms with Crippen molar-refractivity contribution in [1.82, 2.24) is 10.9 Å². The van der Waals surface area contributed by atoms with E-state index in [1.54, 1.807) is 48.5 Å². The molecular formula is C18H19ClN2O3. The minimum Gasteiger partial charge on any atom is -0.491 e. The maximum absolute atomic E-state index is 12.1. The van der Waals surface area contributed by atoms with E-state index in [2.05, 4.69) is 10.9 Å². The van der Waals surface area contributed by atoms with Crippen LogP contribution in [0.2, 0.25) is 5.02 Å². The molecule has 0 aliphatic rings. The van der Waals surface area contributed by atoms with Crippen LogP contribution in [0, 0.1) is 0 Å². The molecule has 0 saturated carbocycles. The second-order valence-corrected chi connectivity index (χ2v) is 5.72. The number of carbonyl (C=O) groups excluding carboxylic acids is 2. The van der Waals surface area contributed by atoms with E-state index in [4.69, 9.17) is 16.3 Å². The van der Waals surface area contributed by atoms with Crippen molar-refractivity contribution in [2.45, 2.75) is 26.4 Å². The quantitative estimate of drug-likeness (QED) is 0.813. The second-order valence-electron chi connectivity index (χ2n) is 5.28. The minimum atomic E-state index is -0.424. The molecule has 2 amide bonds. The lowest BCUT2D eigenvalue weighted by Gasteiger charge is -2.13. The van der Waals surface area contributed by atoms with E-state index >= 15 is 0 Å². The van der Waals surface area contributed by atoms with Crippen molar-refractivity contribution < 1.29 is 14.3 Å². The van der Waals surface area contributed by atoms with Gasteiger partial charge in [-0.15, -0.1) is 0 Å².